The van der Waals surface area contributed by atoms with Crippen molar-refractivity contribution >= 4 is 23.5 Å². The van der Waals surface area contributed by atoms with Crippen molar-refractivity contribution in [1.29, 1.82) is 0 Å². The smallest absolute Gasteiger partial charge is 0.303 e. The zero-order chi connectivity index (χ0) is 13.1. The maximum absolute atomic E-state index is 11.4. The lowest BCUT2D eigenvalue weighted by atomic mass is 9.93. The number of carboxylic acids is 1. The normalized spacial score (nSPS) is 18.8. The zero-order valence-corrected chi connectivity index (χ0v) is 11.1. The van der Waals surface area contributed by atoms with Gasteiger partial charge in [-0.05, 0) is 49.1 Å². The SMILES string of the molecule is CC(=O)c1ccc2c(c1)CC(CC(=O)O)CCS2. The molecule has 1 atom stereocenters. The van der Waals surface area contributed by atoms with Gasteiger partial charge in [0.15, 0.2) is 5.78 Å². The number of hydrogen-bond acceptors (Lipinski definition) is 3. The Bertz CT molecular complexity index is 482. The molecule has 0 bridgehead atoms. The first-order valence-electron chi connectivity index (χ1n) is 6.04. The van der Waals surface area contributed by atoms with Gasteiger partial charge < -0.3 is 5.11 Å². The first-order chi connectivity index (χ1) is 8.56. The molecule has 1 aromatic rings. The fourth-order valence-electron chi connectivity index (χ4n) is 2.27. The Balaban J connectivity index is 2.25. The van der Waals surface area contributed by atoms with E-state index in [1.165, 1.54) is 4.90 Å². The van der Waals surface area contributed by atoms with Crippen molar-refractivity contribution in [3.8, 4) is 0 Å². The molecule has 0 saturated carbocycles. The largest absolute Gasteiger partial charge is 0.481 e. The monoisotopic (exact) mass is 264 g/mol. The Morgan fingerprint density at radius 1 is 1.44 bits per heavy atom. The molecule has 1 unspecified atom stereocenters. The molecule has 2 rings (SSSR count). The highest BCUT2D eigenvalue weighted by Gasteiger charge is 2.20. The van der Waals surface area contributed by atoms with Gasteiger partial charge in [-0.15, -0.1) is 11.8 Å². The molecule has 96 valence electrons. The van der Waals surface area contributed by atoms with E-state index in [1.54, 1.807) is 18.7 Å². The van der Waals surface area contributed by atoms with Crippen LogP contribution in [0.2, 0.25) is 0 Å². The molecule has 0 fully saturated rings. The summed E-state index contributed by atoms with van der Waals surface area (Å²) in [7, 11) is 0. The number of carboxylic acid groups (broad SMARTS) is 1. The second-order valence-corrected chi connectivity index (χ2v) is 5.82. The van der Waals surface area contributed by atoms with Crippen LogP contribution in [0.4, 0.5) is 0 Å². The molecular formula is C14H16O3S. The van der Waals surface area contributed by atoms with Gasteiger partial charge in [-0.25, -0.2) is 0 Å². The van der Waals surface area contributed by atoms with Crippen LogP contribution in [0.5, 0.6) is 0 Å². The fraction of sp³-hybridized carbons (Fsp3) is 0.429. The number of aliphatic carboxylic acids is 1. The summed E-state index contributed by atoms with van der Waals surface area (Å²) in [5, 5.41) is 8.89. The standard InChI is InChI=1S/C14H16O3S/c1-9(15)11-2-3-13-12(8-11)6-10(4-5-18-13)7-14(16)17/h2-3,8,10H,4-7H2,1H3,(H,16,17). The van der Waals surface area contributed by atoms with Crippen molar-refractivity contribution in [2.24, 2.45) is 5.92 Å². The van der Waals surface area contributed by atoms with Crippen molar-refractivity contribution in [3.05, 3.63) is 29.3 Å². The summed E-state index contributed by atoms with van der Waals surface area (Å²) in [6, 6.07) is 5.76. The number of thioether (sulfide) groups is 1. The first-order valence-corrected chi connectivity index (χ1v) is 7.03. The van der Waals surface area contributed by atoms with Crippen LogP contribution in [0.3, 0.4) is 0 Å². The number of fused-ring (bicyclic) bond motifs is 1. The van der Waals surface area contributed by atoms with Crippen LogP contribution in [-0.2, 0) is 11.2 Å². The Hall–Kier alpha value is -1.29. The van der Waals surface area contributed by atoms with Crippen molar-refractivity contribution in [3.63, 3.8) is 0 Å². The van der Waals surface area contributed by atoms with E-state index >= 15 is 0 Å². The molecule has 4 heteroatoms. The van der Waals surface area contributed by atoms with Crippen LogP contribution >= 0.6 is 11.8 Å². The van der Waals surface area contributed by atoms with Gasteiger partial charge in [-0.3, -0.25) is 9.59 Å². The van der Waals surface area contributed by atoms with Crippen molar-refractivity contribution in [2.75, 3.05) is 5.75 Å². The van der Waals surface area contributed by atoms with Gasteiger partial charge in [-0.2, -0.15) is 0 Å². The van der Waals surface area contributed by atoms with Gasteiger partial charge in [-0.1, -0.05) is 6.07 Å². The predicted molar refractivity (Wildman–Crippen MR) is 71.2 cm³/mol. The molecule has 1 aliphatic rings. The van der Waals surface area contributed by atoms with E-state index in [0.29, 0.717) is 5.56 Å². The van der Waals surface area contributed by atoms with E-state index in [0.717, 1.165) is 24.2 Å². The number of ketones is 1. The minimum absolute atomic E-state index is 0.0573. The molecule has 0 amide bonds. The Labute approximate surface area is 111 Å². The number of Topliss-reactive ketones (excluding diaryl/α,β-unsaturated/α-hetero) is 1. The Kier molecular flexibility index (Phi) is 4.07. The summed E-state index contributed by atoms with van der Waals surface area (Å²) in [5.74, 6) is 0.445. The van der Waals surface area contributed by atoms with Crippen LogP contribution < -0.4 is 0 Å². The van der Waals surface area contributed by atoms with Crippen LogP contribution in [0.25, 0.3) is 0 Å². The van der Waals surface area contributed by atoms with Crippen molar-refractivity contribution in [1.82, 2.24) is 0 Å². The molecule has 0 radical (unpaired) electrons. The van der Waals surface area contributed by atoms with Gasteiger partial charge in [0.05, 0.1) is 0 Å². The maximum atomic E-state index is 11.4. The average molecular weight is 264 g/mol. The van der Waals surface area contributed by atoms with E-state index in [-0.39, 0.29) is 18.1 Å². The van der Waals surface area contributed by atoms with Crippen LogP contribution in [0, 0.1) is 5.92 Å². The van der Waals surface area contributed by atoms with E-state index < -0.39 is 5.97 Å². The second kappa shape index (κ2) is 5.57. The molecule has 0 aliphatic carbocycles. The van der Waals surface area contributed by atoms with E-state index in [2.05, 4.69) is 0 Å². The molecule has 1 N–H and O–H groups in total. The summed E-state index contributed by atoms with van der Waals surface area (Å²) >= 11 is 1.76. The molecule has 3 nitrogen and oxygen atoms in total. The highest BCUT2D eigenvalue weighted by molar-refractivity contribution is 7.99. The number of hydrogen-bond donors (Lipinski definition) is 1. The van der Waals surface area contributed by atoms with Crippen molar-refractivity contribution < 1.29 is 14.7 Å². The lowest BCUT2D eigenvalue weighted by Crippen LogP contribution is -2.10. The Morgan fingerprint density at radius 2 is 2.22 bits per heavy atom. The van der Waals surface area contributed by atoms with Gasteiger partial charge in [0, 0.05) is 16.9 Å². The molecule has 1 aliphatic heterocycles. The van der Waals surface area contributed by atoms with Crippen LogP contribution in [-0.4, -0.2) is 22.6 Å². The number of carbonyl (C=O) groups is 2. The van der Waals surface area contributed by atoms with Gasteiger partial charge >= 0.3 is 5.97 Å². The minimum atomic E-state index is -0.740. The first kappa shape index (κ1) is 13.1. The zero-order valence-electron chi connectivity index (χ0n) is 10.3. The lowest BCUT2D eigenvalue weighted by molar-refractivity contribution is -0.138. The number of carbonyl (C=O) groups excluding carboxylic acids is 1. The maximum Gasteiger partial charge on any atom is 0.303 e. The third-order valence-electron chi connectivity index (χ3n) is 3.22. The number of rotatable bonds is 3. The van der Waals surface area contributed by atoms with Gasteiger partial charge in [0.2, 0.25) is 0 Å². The van der Waals surface area contributed by atoms with Crippen molar-refractivity contribution in [2.45, 2.75) is 31.1 Å². The second-order valence-electron chi connectivity index (χ2n) is 4.68. The Morgan fingerprint density at radius 3 is 2.89 bits per heavy atom. The van der Waals surface area contributed by atoms with E-state index in [1.807, 2.05) is 18.2 Å². The molecule has 0 saturated heterocycles. The third kappa shape index (κ3) is 3.13. The third-order valence-corrected chi connectivity index (χ3v) is 4.37. The summed E-state index contributed by atoms with van der Waals surface area (Å²) in [6.45, 7) is 1.56. The average Bonchev–Trinajstić information content (AvgIpc) is 2.48. The van der Waals surface area contributed by atoms with Gasteiger partial charge in [0.1, 0.15) is 0 Å². The minimum Gasteiger partial charge on any atom is -0.481 e. The molecule has 1 aromatic carbocycles. The molecule has 1 heterocycles. The summed E-state index contributed by atoms with van der Waals surface area (Å²) in [5.41, 5.74) is 1.83. The molecule has 18 heavy (non-hydrogen) atoms. The highest BCUT2D eigenvalue weighted by atomic mass is 32.2. The lowest BCUT2D eigenvalue weighted by Gasteiger charge is -2.12. The topological polar surface area (TPSA) is 54.4 Å². The van der Waals surface area contributed by atoms with Crippen LogP contribution in [0.15, 0.2) is 23.1 Å². The van der Waals surface area contributed by atoms with Gasteiger partial charge in [0.25, 0.3) is 0 Å². The molecular weight excluding hydrogens is 248 g/mol. The van der Waals surface area contributed by atoms with E-state index in [4.69, 9.17) is 5.11 Å². The predicted octanol–water partition coefficient (Wildman–Crippen LogP) is 3.02. The van der Waals surface area contributed by atoms with E-state index in [9.17, 15) is 9.59 Å². The fourth-order valence-corrected chi connectivity index (χ4v) is 3.43. The molecule has 0 spiro atoms. The molecule has 0 aromatic heterocycles. The summed E-state index contributed by atoms with van der Waals surface area (Å²) < 4.78 is 0. The quantitative estimate of drug-likeness (QED) is 0.853. The number of benzene rings is 1. The highest BCUT2D eigenvalue weighted by Crippen LogP contribution is 2.33. The summed E-state index contributed by atoms with van der Waals surface area (Å²) in [4.78, 5) is 23.4. The van der Waals surface area contributed by atoms with Crippen LogP contribution in [0.1, 0.15) is 35.7 Å². The summed E-state index contributed by atoms with van der Waals surface area (Å²) in [6.07, 6.45) is 1.89.